The third-order valence-electron chi connectivity index (χ3n) is 6.24. The molecule has 0 aliphatic heterocycles. The van der Waals surface area contributed by atoms with Crippen LogP contribution in [0.4, 0.5) is 10.1 Å². The van der Waals surface area contributed by atoms with Crippen LogP contribution in [-0.2, 0) is 9.53 Å². The Bertz CT molecular complexity index is 769. The second kappa shape index (κ2) is 8.20. The molecular weight excluding hydrogens is 341 g/mol. The van der Waals surface area contributed by atoms with E-state index in [1.807, 2.05) is 13.8 Å². The zero-order valence-electron chi connectivity index (χ0n) is 16.2. The highest BCUT2D eigenvalue weighted by Crippen LogP contribution is 2.54. The average molecular weight is 369 g/mol. The largest absolute Gasteiger partial charge is 0.463 e. The van der Waals surface area contributed by atoms with Crippen LogP contribution in [-0.4, -0.2) is 19.3 Å². The van der Waals surface area contributed by atoms with Crippen LogP contribution < -0.4 is 0 Å². The highest BCUT2D eigenvalue weighted by atomic mass is 19.1. The molecule has 2 aliphatic carbocycles. The molecule has 1 aromatic rings. The average Bonchev–Trinajstić information content (AvgIpc) is 3.21. The maximum atomic E-state index is 13.8. The first-order valence-electron chi connectivity index (χ1n) is 9.77. The molecule has 0 bridgehead atoms. The number of ether oxygens (including phenoxy) is 1. The first kappa shape index (κ1) is 19.5. The molecule has 0 unspecified atom stereocenters. The van der Waals surface area contributed by atoms with E-state index in [1.165, 1.54) is 6.07 Å². The number of halogens is 1. The van der Waals surface area contributed by atoms with Crippen LogP contribution in [0.1, 0.15) is 45.1 Å². The Kier molecular flexibility index (Phi) is 5.93. The van der Waals surface area contributed by atoms with Crippen LogP contribution in [0.5, 0.6) is 0 Å². The first-order valence-corrected chi connectivity index (χ1v) is 9.77. The summed E-state index contributed by atoms with van der Waals surface area (Å²) in [5.41, 5.74) is 3.37. The Morgan fingerprint density at radius 3 is 2.44 bits per heavy atom. The molecule has 2 aliphatic rings. The van der Waals surface area contributed by atoms with Gasteiger partial charge in [0, 0.05) is 11.1 Å². The minimum Gasteiger partial charge on any atom is -0.463 e. The molecule has 0 N–H and O–H groups in total. The van der Waals surface area contributed by atoms with Crippen molar-refractivity contribution in [2.45, 2.75) is 39.5 Å². The van der Waals surface area contributed by atoms with Crippen molar-refractivity contribution >= 4 is 23.9 Å². The van der Waals surface area contributed by atoms with E-state index in [1.54, 1.807) is 12.1 Å². The van der Waals surface area contributed by atoms with Crippen molar-refractivity contribution in [1.82, 2.24) is 0 Å². The molecule has 2 saturated carbocycles. The minimum absolute atomic E-state index is 0.230. The van der Waals surface area contributed by atoms with Gasteiger partial charge in [-0.05, 0) is 93.7 Å². The highest BCUT2D eigenvalue weighted by molar-refractivity contribution is 5.88. The number of aliphatic imine (C=N–C) groups is 1. The SMILES string of the molecule is C=Nc1ccc(F)cc1/C(=C\C)[C@H]1C[C@H]2C[C@@H](C(=C)C(=O)OCC)C[C@H]2C1. The second-order valence-electron chi connectivity index (χ2n) is 7.67. The number of hydrogen-bond acceptors (Lipinski definition) is 3. The third-order valence-corrected chi connectivity index (χ3v) is 6.24. The van der Waals surface area contributed by atoms with Gasteiger partial charge in [0.2, 0.25) is 0 Å². The molecule has 0 aromatic heterocycles. The number of carbonyl (C=O) groups is 1. The predicted octanol–water partition coefficient (Wildman–Crippen LogP) is 5.73. The summed E-state index contributed by atoms with van der Waals surface area (Å²) in [7, 11) is 0. The smallest absolute Gasteiger partial charge is 0.333 e. The lowest BCUT2D eigenvalue weighted by Crippen LogP contribution is -2.14. The summed E-state index contributed by atoms with van der Waals surface area (Å²) in [4.78, 5) is 16.0. The fraction of sp³-hybridized carbons (Fsp3) is 0.478. The van der Waals surface area contributed by atoms with Gasteiger partial charge in [0.15, 0.2) is 0 Å². The van der Waals surface area contributed by atoms with Crippen LogP contribution in [0.3, 0.4) is 0 Å². The monoisotopic (exact) mass is 369 g/mol. The summed E-state index contributed by atoms with van der Waals surface area (Å²) in [6.45, 7) is 11.8. The van der Waals surface area contributed by atoms with E-state index in [2.05, 4.69) is 24.4 Å². The normalized spacial score (nSPS) is 27.3. The Balaban J connectivity index is 1.71. The van der Waals surface area contributed by atoms with Gasteiger partial charge in [-0.1, -0.05) is 12.7 Å². The van der Waals surface area contributed by atoms with Gasteiger partial charge in [-0.25, -0.2) is 9.18 Å². The topological polar surface area (TPSA) is 38.7 Å². The summed E-state index contributed by atoms with van der Waals surface area (Å²) < 4.78 is 18.9. The molecule has 4 atom stereocenters. The van der Waals surface area contributed by atoms with Crippen LogP contribution in [0, 0.1) is 29.5 Å². The van der Waals surface area contributed by atoms with Gasteiger partial charge in [-0.15, -0.1) is 0 Å². The van der Waals surface area contributed by atoms with Crippen molar-refractivity contribution < 1.29 is 13.9 Å². The van der Waals surface area contributed by atoms with Gasteiger partial charge >= 0.3 is 5.97 Å². The third kappa shape index (κ3) is 3.90. The molecule has 3 nitrogen and oxygen atoms in total. The van der Waals surface area contributed by atoms with Crippen LogP contribution >= 0.6 is 0 Å². The molecule has 3 rings (SSSR count). The van der Waals surface area contributed by atoms with E-state index in [9.17, 15) is 9.18 Å². The van der Waals surface area contributed by atoms with Crippen LogP contribution in [0.2, 0.25) is 0 Å². The Hall–Kier alpha value is -2.23. The fourth-order valence-corrected chi connectivity index (χ4v) is 5.03. The molecule has 144 valence electrons. The maximum absolute atomic E-state index is 13.8. The van der Waals surface area contributed by atoms with Crippen LogP contribution in [0.15, 0.2) is 41.4 Å². The summed E-state index contributed by atoms with van der Waals surface area (Å²) in [5.74, 6) is 1.28. The lowest BCUT2D eigenvalue weighted by molar-refractivity contribution is -0.139. The van der Waals surface area contributed by atoms with E-state index >= 15 is 0 Å². The number of benzene rings is 1. The van der Waals surface area contributed by atoms with E-state index in [0.29, 0.717) is 29.9 Å². The Morgan fingerprint density at radius 2 is 1.89 bits per heavy atom. The quantitative estimate of drug-likeness (QED) is 0.365. The molecule has 0 heterocycles. The molecule has 4 heteroatoms. The van der Waals surface area contributed by atoms with Gasteiger partial charge in [-0.2, -0.15) is 0 Å². The van der Waals surface area contributed by atoms with Crippen LogP contribution in [0.25, 0.3) is 5.57 Å². The van der Waals surface area contributed by atoms with Crippen molar-refractivity contribution in [2.24, 2.45) is 28.7 Å². The van der Waals surface area contributed by atoms with E-state index in [-0.39, 0.29) is 17.7 Å². The Morgan fingerprint density at radius 1 is 1.26 bits per heavy atom. The molecule has 27 heavy (non-hydrogen) atoms. The zero-order chi connectivity index (χ0) is 19.6. The zero-order valence-corrected chi connectivity index (χ0v) is 16.2. The number of allylic oxidation sites excluding steroid dienone is 2. The Labute approximate surface area is 161 Å². The van der Waals surface area contributed by atoms with Crippen molar-refractivity contribution in [2.75, 3.05) is 6.61 Å². The second-order valence-corrected chi connectivity index (χ2v) is 7.67. The number of fused-ring (bicyclic) bond motifs is 1. The van der Waals surface area contributed by atoms with E-state index in [4.69, 9.17) is 4.74 Å². The van der Waals surface area contributed by atoms with Crippen molar-refractivity contribution in [3.63, 3.8) is 0 Å². The van der Waals surface area contributed by atoms with Gasteiger partial charge in [0.05, 0.1) is 12.3 Å². The summed E-state index contributed by atoms with van der Waals surface area (Å²) in [5, 5.41) is 0. The summed E-state index contributed by atoms with van der Waals surface area (Å²) >= 11 is 0. The molecule has 2 fully saturated rings. The van der Waals surface area contributed by atoms with Crippen molar-refractivity contribution in [3.05, 3.63) is 47.8 Å². The van der Waals surface area contributed by atoms with Gasteiger partial charge in [0.25, 0.3) is 0 Å². The van der Waals surface area contributed by atoms with Gasteiger partial charge in [0.1, 0.15) is 5.82 Å². The number of esters is 1. The molecule has 0 spiro atoms. The predicted molar refractivity (Wildman–Crippen MR) is 107 cm³/mol. The number of nitrogens with zero attached hydrogens (tertiary/aromatic N) is 1. The first-order chi connectivity index (χ1) is 13.0. The summed E-state index contributed by atoms with van der Waals surface area (Å²) in [6, 6.07) is 4.69. The number of hydrogen-bond donors (Lipinski definition) is 0. The van der Waals surface area contributed by atoms with Gasteiger partial charge < -0.3 is 4.74 Å². The lowest BCUT2D eigenvalue weighted by atomic mass is 9.86. The molecular formula is C23H28FNO2. The van der Waals surface area contributed by atoms with E-state index < -0.39 is 0 Å². The lowest BCUT2D eigenvalue weighted by Gasteiger charge is -2.20. The summed E-state index contributed by atoms with van der Waals surface area (Å²) in [6.07, 6.45) is 6.19. The molecule has 0 saturated heterocycles. The standard InChI is InChI=1S/C23H28FNO2/c1-5-20(21-13-19(24)7-8-22(21)25-4)18-11-16-9-15(10-17(16)12-18)14(3)23(26)27-6-2/h5,7-8,13,15-18H,3-4,6,9-12H2,1-2H3/b20-5-/t15-,16-,17+,18+. The van der Waals surface area contributed by atoms with Crippen molar-refractivity contribution in [3.8, 4) is 0 Å². The number of carbonyl (C=O) groups excluding carboxylic acids is 1. The van der Waals surface area contributed by atoms with Gasteiger partial charge in [-0.3, -0.25) is 4.99 Å². The van der Waals surface area contributed by atoms with E-state index in [0.717, 1.165) is 42.5 Å². The molecule has 0 amide bonds. The molecule has 0 radical (unpaired) electrons. The number of rotatable bonds is 6. The fourth-order valence-electron chi connectivity index (χ4n) is 5.03. The van der Waals surface area contributed by atoms with Crippen molar-refractivity contribution in [1.29, 1.82) is 0 Å². The minimum atomic E-state index is -0.255. The highest BCUT2D eigenvalue weighted by Gasteiger charge is 2.44. The molecule has 1 aromatic carbocycles. The maximum Gasteiger partial charge on any atom is 0.333 e.